The highest BCUT2D eigenvalue weighted by molar-refractivity contribution is 7.89. The zero-order valence-corrected chi connectivity index (χ0v) is 17.7. The fraction of sp³-hybridized carbons (Fsp3) is 0.600. The number of nitrogens with one attached hydrogen (secondary N) is 2. The van der Waals surface area contributed by atoms with Crippen molar-refractivity contribution in [2.45, 2.75) is 69.9 Å². The first-order valence-electron chi connectivity index (χ1n) is 9.58. The average molecular weight is 408 g/mol. The molecule has 0 radical (unpaired) electrons. The molecule has 2 fully saturated rings. The number of hydrazone groups is 1. The predicted molar refractivity (Wildman–Crippen MR) is 108 cm³/mol. The molecule has 154 valence electrons. The molecule has 1 spiro atoms. The van der Waals surface area contributed by atoms with Gasteiger partial charge in [0.25, 0.3) is 10.0 Å². The molecule has 0 aliphatic heterocycles. The Labute approximate surface area is 167 Å². The molecular formula is C20H29N3O4S. The van der Waals surface area contributed by atoms with Crippen LogP contribution in [0.3, 0.4) is 0 Å². The number of hydrogen-bond donors (Lipinski definition) is 2. The van der Waals surface area contributed by atoms with Gasteiger partial charge in [0.05, 0.1) is 4.90 Å². The van der Waals surface area contributed by atoms with Crippen molar-refractivity contribution in [3.05, 3.63) is 29.8 Å². The number of ether oxygens (including phenoxy) is 1. The van der Waals surface area contributed by atoms with Crippen LogP contribution in [0.5, 0.6) is 0 Å². The minimum absolute atomic E-state index is 0.160. The van der Waals surface area contributed by atoms with Crippen molar-refractivity contribution in [2.75, 3.05) is 0 Å². The Hall–Kier alpha value is -2.09. The standard InChI is InChI=1S/C20H29N3O4S/c1-14-7-5-6-8-17(14)28(25,26)23-21-13-15-9-20(10-15)11-16(12-20)22-18(24)27-19(2,3)4/h5-8,13,15-16,23H,9-12H2,1-4H3,(H,22,24). The molecule has 1 amide bonds. The molecule has 1 aromatic rings. The van der Waals surface area contributed by atoms with Crippen molar-refractivity contribution >= 4 is 22.3 Å². The van der Waals surface area contributed by atoms with Crippen LogP contribution in [0.15, 0.2) is 34.3 Å². The fourth-order valence-electron chi connectivity index (χ4n) is 4.17. The van der Waals surface area contributed by atoms with E-state index in [-0.39, 0.29) is 28.4 Å². The minimum Gasteiger partial charge on any atom is -0.444 e. The molecule has 0 atom stereocenters. The van der Waals surface area contributed by atoms with Gasteiger partial charge in [-0.25, -0.2) is 9.63 Å². The number of amides is 1. The molecule has 28 heavy (non-hydrogen) atoms. The second-order valence-corrected chi connectivity index (χ2v) is 10.7. The molecule has 1 aromatic carbocycles. The van der Waals surface area contributed by atoms with Gasteiger partial charge in [-0.3, -0.25) is 0 Å². The van der Waals surface area contributed by atoms with E-state index >= 15 is 0 Å². The summed E-state index contributed by atoms with van der Waals surface area (Å²) in [5.74, 6) is 0.266. The summed E-state index contributed by atoms with van der Waals surface area (Å²) in [6, 6.07) is 6.98. The lowest BCUT2D eigenvalue weighted by Crippen LogP contribution is -2.57. The van der Waals surface area contributed by atoms with Crippen LogP contribution in [0.1, 0.15) is 52.0 Å². The predicted octanol–water partition coefficient (Wildman–Crippen LogP) is 3.34. The Morgan fingerprint density at radius 2 is 1.86 bits per heavy atom. The van der Waals surface area contributed by atoms with Crippen LogP contribution in [0.2, 0.25) is 0 Å². The van der Waals surface area contributed by atoms with E-state index in [1.807, 2.05) is 20.8 Å². The molecule has 3 rings (SSSR count). The third-order valence-electron chi connectivity index (χ3n) is 5.31. The molecular weight excluding hydrogens is 378 g/mol. The first kappa shape index (κ1) is 20.6. The Bertz CT molecular complexity index is 860. The lowest BCUT2D eigenvalue weighted by atomic mass is 9.50. The third kappa shape index (κ3) is 4.84. The highest BCUT2D eigenvalue weighted by atomic mass is 32.2. The maximum atomic E-state index is 12.3. The maximum Gasteiger partial charge on any atom is 0.407 e. The first-order chi connectivity index (χ1) is 13.0. The van der Waals surface area contributed by atoms with Gasteiger partial charge in [0.1, 0.15) is 5.60 Å². The van der Waals surface area contributed by atoms with Crippen molar-refractivity contribution in [3.63, 3.8) is 0 Å². The largest absolute Gasteiger partial charge is 0.444 e. The number of carbonyl (C=O) groups is 1. The van der Waals surface area contributed by atoms with Crippen LogP contribution in [-0.4, -0.2) is 32.4 Å². The van der Waals surface area contributed by atoms with Gasteiger partial charge in [-0.2, -0.15) is 13.5 Å². The Morgan fingerprint density at radius 1 is 1.21 bits per heavy atom. The van der Waals surface area contributed by atoms with E-state index in [9.17, 15) is 13.2 Å². The molecule has 0 unspecified atom stereocenters. The van der Waals surface area contributed by atoms with Gasteiger partial charge < -0.3 is 10.1 Å². The van der Waals surface area contributed by atoms with Crippen LogP contribution < -0.4 is 10.1 Å². The number of benzene rings is 1. The Morgan fingerprint density at radius 3 is 2.46 bits per heavy atom. The minimum atomic E-state index is -3.64. The van der Waals surface area contributed by atoms with Crippen molar-refractivity contribution in [1.82, 2.24) is 10.1 Å². The number of rotatable bonds is 5. The van der Waals surface area contributed by atoms with Gasteiger partial charge in [0.15, 0.2) is 0 Å². The normalized spacial score (nSPS) is 27.1. The summed E-state index contributed by atoms with van der Waals surface area (Å²) in [4.78, 5) is 14.3. The molecule has 7 nitrogen and oxygen atoms in total. The summed E-state index contributed by atoms with van der Waals surface area (Å²) < 4.78 is 29.9. The molecule has 0 aromatic heterocycles. The summed E-state index contributed by atoms with van der Waals surface area (Å²) in [5, 5.41) is 6.87. The van der Waals surface area contributed by atoms with E-state index in [2.05, 4.69) is 15.2 Å². The van der Waals surface area contributed by atoms with Gasteiger partial charge in [0.2, 0.25) is 0 Å². The van der Waals surface area contributed by atoms with Crippen LogP contribution in [0.4, 0.5) is 4.79 Å². The second-order valence-electron chi connectivity index (χ2n) is 9.06. The van der Waals surface area contributed by atoms with E-state index in [0.717, 1.165) is 25.7 Å². The average Bonchev–Trinajstić information content (AvgIpc) is 2.48. The van der Waals surface area contributed by atoms with Gasteiger partial charge in [-0.05, 0) is 76.3 Å². The van der Waals surface area contributed by atoms with Crippen LogP contribution in [0.25, 0.3) is 0 Å². The molecule has 2 N–H and O–H groups in total. The topological polar surface area (TPSA) is 96.9 Å². The number of alkyl carbamates (subject to hydrolysis) is 1. The molecule has 0 saturated heterocycles. The van der Waals surface area contributed by atoms with E-state index in [4.69, 9.17) is 4.74 Å². The Balaban J connectivity index is 1.41. The maximum absolute atomic E-state index is 12.3. The molecule has 8 heteroatoms. The smallest absolute Gasteiger partial charge is 0.407 e. The lowest BCUT2D eigenvalue weighted by Gasteiger charge is -2.57. The van der Waals surface area contributed by atoms with Gasteiger partial charge in [0, 0.05) is 12.3 Å². The lowest BCUT2D eigenvalue weighted by molar-refractivity contribution is -0.0281. The molecule has 2 aliphatic carbocycles. The third-order valence-corrected chi connectivity index (χ3v) is 6.69. The first-order valence-corrected chi connectivity index (χ1v) is 11.1. The highest BCUT2D eigenvalue weighted by Gasteiger charge is 2.52. The van der Waals surface area contributed by atoms with Gasteiger partial charge in [-0.15, -0.1) is 0 Å². The summed E-state index contributed by atoms with van der Waals surface area (Å²) in [6.07, 6.45) is 5.13. The summed E-state index contributed by atoms with van der Waals surface area (Å²) in [5.41, 5.74) is 0.450. The number of nitrogens with zero attached hydrogens (tertiary/aromatic N) is 1. The van der Waals surface area contributed by atoms with Gasteiger partial charge in [-0.1, -0.05) is 18.2 Å². The van der Waals surface area contributed by atoms with E-state index in [1.165, 1.54) is 0 Å². The molecule has 0 bridgehead atoms. The van der Waals surface area contributed by atoms with E-state index < -0.39 is 15.6 Å². The number of hydrogen-bond acceptors (Lipinski definition) is 5. The van der Waals surface area contributed by atoms with Crippen LogP contribution in [-0.2, 0) is 14.8 Å². The summed E-state index contributed by atoms with van der Waals surface area (Å²) in [7, 11) is -3.64. The van der Waals surface area contributed by atoms with Crippen LogP contribution >= 0.6 is 0 Å². The van der Waals surface area contributed by atoms with Gasteiger partial charge >= 0.3 is 6.09 Å². The second kappa shape index (κ2) is 7.39. The van der Waals surface area contributed by atoms with E-state index in [0.29, 0.717) is 5.56 Å². The number of aryl methyl sites for hydroxylation is 1. The van der Waals surface area contributed by atoms with Crippen LogP contribution in [0, 0.1) is 18.3 Å². The summed E-state index contributed by atoms with van der Waals surface area (Å²) >= 11 is 0. The quantitative estimate of drug-likeness (QED) is 0.578. The Kier molecular flexibility index (Phi) is 5.44. The fourth-order valence-corrected chi connectivity index (χ4v) is 5.21. The highest BCUT2D eigenvalue weighted by Crippen LogP contribution is 2.58. The van der Waals surface area contributed by atoms with Crippen molar-refractivity contribution in [3.8, 4) is 0 Å². The monoisotopic (exact) mass is 407 g/mol. The van der Waals surface area contributed by atoms with Crippen molar-refractivity contribution < 1.29 is 17.9 Å². The summed E-state index contributed by atoms with van der Waals surface area (Å²) in [6.45, 7) is 7.29. The number of sulfonamides is 1. The number of carbonyl (C=O) groups excluding carboxylic acids is 1. The molecule has 2 saturated carbocycles. The van der Waals surface area contributed by atoms with Crippen molar-refractivity contribution in [2.24, 2.45) is 16.4 Å². The van der Waals surface area contributed by atoms with Crippen molar-refractivity contribution in [1.29, 1.82) is 0 Å². The molecule has 0 heterocycles. The zero-order chi connectivity index (χ0) is 20.6. The zero-order valence-electron chi connectivity index (χ0n) is 16.9. The SMILES string of the molecule is Cc1ccccc1S(=O)(=O)NN=CC1CC2(C1)CC(NC(=O)OC(C)(C)C)C2. The molecule has 2 aliphatic rings. The van der Waals surface area contributed by atoms with E-state index in [1.54, 1.807) is 37.4 Å².